The van der Waals surface area contributed by atoms with Crippen LogP contribution in [0, 0.1) is 0 Å². The molecule has 4 aromatic rings. The molecular formula is C41H62Br4N8. The van der Waals surface area contributed by atoms with Crippen LogP contribution in [0.15, 0.2) is 131 Å². The van der Waals surface area contributed by atoms with Gasteiger partial charge in [0, 0.05) is 24.9 Å². The summed E-state index contributed by atoms with van der Waals surface area (Å²) < 4.78 is 0. The van der Waals surface area contributed by atoms with Crippen LogP contribution in [0.2, 0.25) is 0 Å². The van der Waals surface area contributed by atoms with Gasteiger partial charge >= 0.3 is 0 Å². The van der Waals surface area contributed by atoms with Gasteiger partial charge in [-0.15, -0.1) is 67.9 Å². The Morgan fingerprint density at radius 1 is 0.415 bits per heavy atom. The van der Waals surface area contributed by atoms with Crippen molar-refractivity contribution in [2.24, 2.45) is 21.5 Å². The molecule has 0 bridgehead atoms. The minimum atomic E-state index is 0. The molecule has 53 heavy (non-hydrogen) atoms. The summed E-state index contributed by atoms with van der Waals surface area (Å²) in [6.45, 7) is 6.77. The van der Waals surface area contributed by atoms with E-state index in [1.807, 2.05) is 24.3 Å². The Balaban J connectivity index is 0. The number of nitrogens with two attached hydrogens (primary N) is 2. The summed E-state index contributed by atoms with van der Waals surface area (Å²) in [5.41, 5.74) is 17.4. The predicted octanol–water partition coefficient (Wildman–Crippen LogP) is 8.15. The maximum Gasteiger partial charge on any atom is 0.188 e. The van der Waals surface area contributed by atoms with Crippen LogP contribution in [0.1, 0.15) is 67.2 Å². The molecular weight excluding hydrogens is 924 g/mol. The van der Waals surface area contributed by atoms with E-state index in [-0.39, 0.29) is 87.2 Å². The van der Waals surface area contributed by atoms with Crippen LogP contribution in [-0.2, 0) is 0 Å². The molecule has 4 aromatic carbocycles. The zero-order valence-corrected chi connectivity index (χ0v) is 36.7. The zero-order valence-electron chi connectivity index (χ0n) is 29.9. The van der Waals surface area contributed by atoms with Gasteiger partial charge < -0.3 is 32.7 Å². The van der Waals surface area contributed by atoms with E-state index in [1.165, 1.54) is 22.3 Å². The predicted molar refractivity (Wildman–Crippen MR) is 251 cm³/mol. The highest BCUT2D eigenvalue weighted by Gasteiger charge is 2.14. The monoisotopic (exact) mass is 982 g/mol. The van der Waals surface area contributed by atoms with Gasteiger partial charge in [-0.05, 0) is 74.1 Å². The van der Waals surface area contributed by atoms with Crippen LogP contribution in [0.5, 0.6) is 0 Å². The van der Waals surface area contributed by atoms with Crippen molar-refractivity contribution in [3.05, 3.63) is 144 Å². The first kappa shape index (κ1) is 52.4. The van der Waals surface area contributed by atoms with E-state index in [0.29, 0.717) is 25.0 Å². The second-order valence-electron chi connectivity index (χ2n) is 12.0. The fraction of sp³-hybridized carbons (Fsp3) is 0.366. The minimum Gasteiger partial charge on any atom is -0.370 e. The van der Waals surface area contributed by atoms with Crippen LogP contribution >= 0.6 is 67.9 Å². The van der Waals surface area contributed by atoms with Gasteiger partial charge in [0.2, 0.25) is 0 Å². The Bertz CT molecular complexity index is 1270. The molecule has 294 valence electrons. The van der Waals surface area contributed by atoms with Crippen LogP contribution < -0.4 is 32.7 Å². The first-order valence-electron chi connectivity index (χ1n) is 17.4. The standard InChI is InChI=1S/C40H54N8.CH4.4BrH/c41-39(47-31-37(33-17-5-1-6-18-33)34-19-7-2-8-20-34)45-29-15-27-43-25-13-14-26-44-28-16-30-46-40(42)48-32-38(35-21-9-3-10-22-35)36-23-11-4-12-24-36;;;;;/h1-12,17-24,37-38,43-44H,13-16,25-32H2,(H3,41,45,47)(H3,42,46,48);1H4;4*1H. The molecule has 0 amide bonds. The summed E-state index contributed by atoms with van der Waals surface area (Å²) in [6.07, 6.45) is 4.28. The minimum absolute atomic E-state index is 0. The van der Waals surface area contributed by atoms with Crippen molar-refractivity contribution >= 4 is 79.8 Å². The van der Waals surface area contributed by atoms with Gasteiger partial charge in [-0.1, -0.05) is 129 Å². The lowest BCUT2D eigenvalue weighted by molar-refractivity contribution is 0.564. The van der Waals surface area contributed by atoms with Crippen molar-refractivity contribution < 1.29 is 0 Å². The summed E-state index contributed by atoms with van der Waals surface area (Å²) in [6, 6.07) is 42.0. The molecule has 0 aliphatic heterocycles. The van der Waals surface area contributed by atoms with Gasteiger partial charge in [0.05, 0.1) is 13.1 Å². The van der Waals surface area contributed by atoms with Gasteiger partial charge in [-0.3, -0.25) is 9.98 Å². The Labute approximate surface area is 361 Å². The van der Waals surface area contributed by atoms with E-state index in [0.717, 1.165) is 65.0 Å². The fourth-order valence-corrected chi connectivity index (χ4v) is 5.65. The SMILES string of the molecule is Br.Br.Br.Br.C.NC(=NCC(c1ccccc1)c1ccccc1)NCCCNCCCCNCCCNC(N)=NCC(c1ccccc1)c1ccccc1. The second-order valence-corrected chi connectivity index (χ2v) is 12.0. The third kappa shape index (κ3) is 21.1. The van der Waals surface area contributed by atoms with Gasteiger partial charge in [-0.25, -0.2) is 0 Å². The highest BCUT2D eigenvalue weighted by Crippen LogP contribution is 2.25. The fourth-order valence-electron chi connectivity index (χ4n) is 5.65. The normalized spacial score (nSPS) is 10.9. The van der Waals surface area contributed by atoms with E-state index in [1.54, 1.807) is 0 Å². The van der Waals surface area contributed by atoms with E-state index < -0.39 is 0 Å². The van der Waals surface area contributed by atoms with Gasteiger partial charge in [0.15, 0.2) is 11.9 Å². The highest BCUT2D eigenvalue weighted by atomic mass is 79.9. The molecule has 0 aromatic heterocycles. The quantitative estimate of drug-likeness (QED) is 0.0285. The lowest BCUT2D eigenvalue weighted by Gasteiger charge is -2.16. The molecule has 0 saturated carbocycles. The maximum atomic E-state index is 6.19. The van der Waals surface area contributed by atoms with E-state index in [2.05, 4.69) is 128 Å². The number of nitrogens with zero attached hydrogens (tertiary/aromatic N) is 2. The van der Waals surface area contributed by atoms with E-state index >= 15 is 0 Å². The number of benzene rings is 4. The van der Waals surface area contributed by atoms with Crippen molar-refractivity contribution in [2.45, 2.75) is 44.9 Å². The Morgan fingerprint density at radius 2 is 0.679 bits per heavy atom. The van der Waals surface area contributed by atoms with Gasteiger partial charge in [0.1, 0.15) is 0 Å². The number of unbranched alkanes of at least 4 members (excludes halogenated alkanes) is 1. The van der Waals surface area contributed by atoms with Crippen molar-refractivity contribution in [3.63, 3.8) is 0 Å². The first-order chi connectivity index (χ1) is 23.7. The van der Waals surface area contributed by atoms with Crippen molar-refractivity contribution in [3.8, 4) is 0 Å². The van der Waals surface area contributed by atoms with E-state index in [4.69, 9.17) is 11.5 Å². The molecule has 4 rings (SSSR count). The molecule has 0 saturated heterocycles. The average Bonchev–Trinajstić information content (AvgIpc) is 3.13. The number of hydrogen-bond acceptors (Lipinski definition) is 4. The molecule has 0 aliphatic rings. The summed E-state index contributed by atoms with van der Waals surface area (Å²) in [7, 11) is 0. The molecule has 0 atom stereocenters. The third-order valence-electron chi connectivity index (χ3n) is 8.33. The van der Waals surface area contributed by atoms with Crippen molar-refractivity contribution in [2.75, 3.05) is 52.4 Å². The maximum absolute atomic E-state index is 6.19. The molecule has 0 unspecified atom stereocenters. The number of guanidine groups is 2. The van der Waals surface area contributed by atoms with Crippen LogP contribution in [0.25, 0.3) is 0 Å². The number of halogens is 4. The smallest absolute Gasteiger partial charge is 0.188 e. The van der Waals surface area contributed by atoms with E-state index in [9.17, 15) is 0 Å². The molecule has 0 aliphatic carbocycles. The molecule has 8 nitrogen and oxygen atoms in total. The molecule has 8 N–H and O–H groups in total. The first-order valence-corrected chi connectivity index (χ1v) is 17.4. The lowest BCUT2D eigenvalue weighted by Crippen LogP contribution is -2.34. The number of rotatable bonds is 21. The Kier molecular flexibility index (Phi) is 32.3. The molecule has 0 fully saturated rings. The van der Waals surface area contributed by atoms with Crippen molar-refractivity contribution in [1.82, 2.24) is 21.3 Å². The summed E-state index contributed by atoms with van der Waals surface area (Å²) >= 11 is 0. The third-order valence-corrected chi connectivity index (χ3v) is 8.33. The molecule has 12 heteroatoms. The number of hydrogen-bond donors (Lipinski definition) is 6. The Hall–Kier alpha value is -2.74. The second kappa shape index (κ2) is 32.7. The van der Waals surface area contributed by atoms with Crippen molar-refractivity contribution in [1.29, 1.82) is 0 Å². The molecule has 0 heterocycles. The Morgan fingerprint density at radius 3 is 0.962 bits per heavy atom. The summed E-state index contributed by atoms with van der Waals surface area (Å²) in [5, 5.41) is 13.6. The number of nitrogens with one attached hydrogen (secondary N) is 4. The highest BCUT2D eigenvalue weighted by molar-refractivity contribution is 8.93. The summed E-state index contributed by atoms with van der Waals surface area (Å²) in [4.78, 5) is 9.31. The van der Waals surface area contributed by atoms with Crippen LogP contribution in [0.3, 0.4) is 0 Å². The van der Waals surface area contributed by atoms with Gasteiger partial charge in [0.25, 0.3) is 0 Å². The lowest BCUT2D eigenvalue weighted by atomic mass is 9.91. The topological polar surface area (TPSA) is 125 Å². The molecule has 0 radical (unpaired) electrons. The largest absolute Gasteiger partial charge is 0.370 e. The molecule has 0 spiro atoms. The number of aliphatic imine (C=N–C) groups is 2. The van der Waals surface area contributed by atoms with Gasteiger partial charge in [-0.2, -0.15) is 0 Å². The zero-order chi connectivity index (χ0) is 33.5. The van der Waals surface area contributed by atoms with Crippen LogP contribution in [0.4, 0.5) is 0 Å². The van der Waals surface area contributed by atoms with Crippen LogP contribution in [-0.4, -0.2) is 64.3 Å². The average molecular weight is 987 g/mol. The summed E-state index contributed by atoms with van der Waals surface area (Å²) in [5.74, 6) is 1.37.